The molecule has 0 saturated heterocycles. The minimum atomic E-state index is 0.0536. The molecule has 10 heteroatoms. The van der Waals surface area contributed by atoms with E-state index in [1.165, 1.54) is 0 Å². The van der Waals surface area contributed by atoms with Gasteiger partial charge in [0.2, 0.25) is 0 Å². The quantitative estimate of drug-likeness (QED) is 0.0893. The van der Waals surface area contributed by atoms with E-state index in [1.54, 1.807) is 23.1 Å². The lowest BCUT2D eigenvalue weighted by Crippen LogP contribution is -2.17. The highest BCUT2D eigenvalue weighted by Gasteiger charge is 2.24. The van der Waals surface area contributed by atoms with E-state index in [0.717, 1.165) is 17.2 Å². The molecule has 62 heavy (non-hydrogen) atoms. The Morgan fingerprint density at radius 3 is 1.24 bits per heavy atom. The molecule has 0 radical (unpaired) electrons. The zero-order chi connectivity index (χ0) is 42.4. The number of rotatable bonds is 13. The van der Waals surface area contributed by atoms with Gasteiger partial charge in [-0.1, -0.05) is 127 Å². The average molecular weight is 815 g/mol. The first kappa shape index (κ1) is 40.0. The van der Waals surface area contributed by atoms with Gasteiger partial charge in [-0.25, -0.2) is 9.97 Å². The van der Waals surface area contributed by atoms with Gasteiger partial charge in [-0.3, -0.25) is 4.90 Å². The van der Waals surface area contributed by atoms with E-state index in [1.807, 2.05) is 206 Å². The molecule has 0 unspecified atom stereocenters. The highest BCUT2D eigenvalue weighted by atomic mass is 16.5. The number of nitrogens with two attached hydrogens (primary N) is 1. The molecule has 0 fully saturated rings. The lowest BCUT2D eigenvalue weighted by atomic mass is 10.2. The Bertz CT molecular complexity index is 2760. The number of hydrogen-bond acceptors (Lipinski definition) is 10. The van der Waals surface area contributed by atoms with Gasteiger partial charge < -0.3 is 35.7 Å². The first-order valence-electron chi connectivity index (χ1n) is 19.8. The smallest absolute Gasteiger partial charge is 0.183 e. The van der Waals surface area contributed by atoms with E-state index in [2.05, 4.69) is 10.6 Å². The summed E-state index contributed by atoms with van der Waals surface area (Å²) in [5.74, 6) is 5.42. The van der Waals surface area contributed by atoms with Crippen LogP contribution in [0.15, 0.2) is 224 Å². The molecule has 0 spiro atoms. The number of para-hydroxylation sites is 11. The highest BCUT2D eigenvalue weighted by molar-refractivity contribution is 5.86. The van der Waals surface area contributed by atoms with Gasteiger partial charge >= 0.3 is 0 Å². The van der Waals surface area contributed by atoms with Crippen LogP contribution < -0.4 is 35.5 Å². The van der Waals surface area contributed by atoms with E-state index >= 15 is 0 Å². The number of phenolic OH excluding ortho intramolecular Hbond substituents is 1. The first-order valence-corrected chi connectivity index (χ1v) is 19.8. The Morgan fingerprint density at radius 2 is 0.774 bits per heavy atom. The third kappa shape index (κ3) is 10.3. The number of phenols is 1. The molecular weight excluding hydrogens is 773 g/mol. The maximum Gasteiger partial charge on any atom is 0.183 e. The van der Waals surface area contributed by atoms with Crippen molar-refractivity contribution in [3.8, 4) is 40.2 Å². The summed E-state index contributed by atoms with van der Waals surface area (Å²) < 4.78 is 18.1. The standard InChI is InChI=1S/C40H32N6O3.C12H10O/c41-37-40(46(28-16-4-1-5-17-28)33-24-12-13-25-34(33)47)45-39(43-32-23-11-15-27-36(32)49-30-20-8-3-9-21-30)38(44-37)42-31-22-10-14-26-35(31)48-29-18-6-2-7-19-29;1-3-7-11(8-4-1)13-12-9-5-2-6-10-12/h1-27,47H,(H,43,45)(H3,41,42,44);1-10H. The van der Waals surface area contributed by atoms with Crippen LogP contribution in [0.25, 0.3) is 0 Å². The first-order chi connectivity index (χ1) is 30.6. The fraction of sp³-hybridized carbons (Fsp3) is 0. The zero-order valence-electron chi connectivity index (χ0n) is 33.5. The highest BCUT2D eigenvalue weighted by Crippen LogP contribution is 2.43. The number of nitrogens with one attached hydrogen (secondary N) is 2. The van der Waals surface area contributed by atoms with Gasteiger partial charge in [-0.05, 0) is 97.1 Å². The van der Waals surface area contributed by atoms with Crippen molar-refractivity contribution in [2.75, 3.05) is 21.3 Å². The average Bonchev–Trinajstić information content (AvgIpc) is 3.32. The summed E-state index contributed by atoms with van der Waals surface area (Å²) in [6.45, 7) is 0. The number of aromatic hydroxyl groups is 1. The van der Waals surface area contributed by atoms with Gasteiger partial charge in [0.15, 0.2) is 34.8 Å². The minimum Gasteiger partial charge on any atom is -0.506 e. The van der Waals surface area contributed by atoms with Crippen LogP contribution in [0.1, 0.15) is 0 Å². The van der Waals surface area contributed by atoms with Crippen molar-refractivity contribution in [2.45, 2.75) is 0 Å². The summed E-state index contributed by atoms with van der Waals surface area (Å²) in [7, 11) is 0. The van der Waals surface area contributed by atoms with Crippen molar-refractivity contribution in [3.63, 3.8) is 0 Å². The third-order valence-corrected chi connectivity index (χ3v) is 9.20. The molecule has 9 aromatic rings. The maximum absolute atomic E-state index is 11.0. The molecule has 0 saturated carbocycles. The summed E-state index contributed by atoms with van der Waals surface area (Å²) in [4.78, 5) is 11.7. The van der Waals surface area contributed by atoms with Crippen LogP contribution in [0.2, 0.25) is 0 Å². The summed E-state index contributed by atoms with van der Waals surface area (Å²) in [5.41, 5.74) is 9.23. The number of aromatic nitrogens is 2. The summed E-state index contributed by atoms with van der Waals surface area (Å²) in [6.07, 6.45) is 0. The van der Waals surface area contributed by atoms with E-state index in [-0.39, 0.29) is 11.6 Å². The maximum atomic E-state index is 11.0. The van der Waals surface area contributed by atoms with Crippen LogP contribution in [0.4, 0.5) is 46.0 Å². The summed E-state index contributed by atoms with van der Waals surface area (Å²) in [5, 5.41) is 17.8. The number of nitrogens with zero attached hydrogens (tertiary/aromatic N) is 3. The lowest BCUT2D eigenvalue weighted by molar-refractivity contribution is 0.476. The van der Waals surface area contributed by atoms with Crippen LogP contribution in [0.5, 0.6) is 40.2 Å². The Morgan fingerprint density at radius 1 is 0.403 bits per heavy atom. The van der Waals surface area contributed by atoms with Crippen LogP contribution >= 0.6 is 0 Å². The van der Waals surface area contributed by atoms with Crippen molar-refractivity contribution < 1.29 is 19.3 Å². The van der Waals surface area contributed by atoms with Crippen molar-refractivity contribution in [3.05, 3.63) is 224 Å². The fourth-order valence-corrected chi connectivity index (χ4v) is 6.30. The van der Waals surface area contributed by atoms with Gasteiger partial charge in [0, 0.05) is 5.69 Å². The lowest BCUT2D eigenvalue weighted by Gasteiger charge is -2.27. The second-order valence-corrected chi connectivity index (χ2v) is 13.6. The number of anilines is 8. The van der Waals surface area contributed by atoms with Crippen molar-refractivity contribution >= 4 is 46.0 Å². The van der Waals surface area contributed by atoms with Crippen LogP contribution in [0.3, 0.4) is 0 Å². The largest absolute Gasteiger partial charge is 0.506 e. The number of benzene rings is 8. The zero-order valence-corrected chi connectivity index (χ0v) is 33.5. The van der Waals surface area contributed by atoms with Gasteiger partial charge in [-0.2, -0.15) is 0 Å². The Hall–Kier alpha value is -8.76. The molecular formula is C52H42N6O4. The molecule has 0 bridgehead atoms. The van der Waals surface area contributed by atoms with Gasteiger partial charge in [-0.15, -0.1) is 0 Å². The van der Waals surface area contributed by atoms with E-state index < -0.39 is 0 Å². The molecule has 9 rings (SSSR count). The van der Waals surface area contributed by atoms with Crippen molar-refractivity contribution in [2.24, 2.45) is 0 Å². The molecule has 5 N–H and O–H groups in total. The minimum absolute atomic E-state index is 0.0536. The molecule has 0 aliphatic rings. The molecule has 0 aliphatic carbocycles. The normalized spacial score (nSPS) is 10.4. The van der Waals surface area contributed by atoms with Gasteiger partial charge in [0.1, 0.15) is 28.7 Å². The Labute approximate surface area is 360 Å². The third-order valence-electron chi connectivity index (χ3n) is 9.20. The Kier molecular flexibility index (Phi) is 12.8. The fourth-order valence-electron chi connectivity index (χ4n) is 6.30. The molecule has 1 aromatic heterocycles. The van der Waals surface area contributed by atoms with Gasteiger partial charge in [0.05, 0.1) is 17.1 Å². The molecule has 304 valence electrons. The van der Waals surface area contributed by atoms with E-state index in [0.29, 0.717) is 57.5 Å². The topological polar surface area (TPSA) is 127 Å². The molecule has 0 atom stereocenters. The van der Waals surface area contributed by atoms with E-state index in [4.69, 9.17) is 29.9 Å². The SMILES string of the molecule is Nc1nc(Nc2ccccc2Oc2ccccc2)c(Nc2ccccc2Oc2ccccc2)nc1N(c1ccccc1)c1ccccc1O.c1ccc(Oc2ccccc2)cc1. The molecule has 0 aliphatic heterocycles. The molecule has 8 aromatic carbocycles. The Balaban J connectivity index is 0.000000346. The predicted molar refractivity (Wildman–Crippen MR) is 248 cm³/mol. The van der Waals surface area contributed by atoms with Crippen LogP contribution in [-0.2, 0) is 0 Å². The second-order valence-electron chi connectivity index (χ2n) is 13.6. The second kappa shape index (κ2) is 19.8. The molecule has 1 heterocycles. The van der Waals surface area contributed by atoms with Crippen LogP contribution in [0, 0.1) is 0 Å². The summed E-state index contributed by atoms with van der Waals surface area (Å²) in [6, 6.07) is 70.3. The van der Waals surface area contributed by atoms with E-state index in [9.17, 15) is 5.11 Å². The van der Waals surface area contributed by atoms with Crippen molar-refractivity contribution in [1.82, 2.24) is 9.97 Å². The molecule has 10 nitrogen and oxygen atoms in total. The van der Waals surface area contributed by atoms with Crippen molar-refractivity contribution in [1.29, 1.82) is 0 Å². The summed E-state index contributed by atoms with van der Waals surface area (Å²) >= 11 is 0. The number of hydrogen-bond donors (Lipinski definition) is 4. The monoisotopic (exact) mass is 814 g/mol. The van der Waals surface area contributed by atoms with Gasteiger partial charge in [0.25, 0.3) is 0 Å². The predicted octanol–water partition coefficient (Wildman–Crippen LogP) is 13.8. The molecule has 0 amide bonds. The van der Waals surface area contributed by atoms with Crippen LogP contribution in [-0.4, -0.2) is 15.1 Å². The number of ether oxygens (including phenoxy) is 3. The number of nitrogen functional groups attached to an aromatic ring is 1.